The molecule has 8 heavy (non-hydrogen) atoms. The van der Waals surface area contributed by atoms with Gasteiger partial charge >= 0.3 is 0 Å². The molecule has 0 aliphatic carbocycles. The number of aromatic amines is 1. The maximum atomic E-state index is 3.61. The van der Waals surface area contributed by atoms with Crippen molar-refractivity contribution in [2.75, 3.05) is 0 Å². The number of nitrogens with zero attached hydrogens (tertiary/aromatic N) is 1. The van der Waals surface area contributed by atoms with Crippen molar-refractivity contribution in [2.24, 2.45) is 0 Å². The van der Waals surface area contributed by atoms with E-state index < -0.39 is 0 Å². The van der Waals surface area contributed by atoms with Gasteiger partial charge < -0.3 is 0 Å². The number of imidazole rings is 1. The van der Waals surface area contributed by atoms with E-state index in [0.29, 0.717) is 0 Å². The van der Waals surface area contributed by atoms with E-state index in [4.69, 9.17) is 0 Å². The molecule has 0 atom stereocenters. The lowest BCUT2D eigenvalue weighted by Gasteiger charge is -1.80. The summed E-state index contributed by atoms with van der Waals surface area (Å²) in [6.07, 6.45) is 5.55. The van der Waals surface area contributed by atoms with E-state index in [-0.39, 0.29) is 0 Å². The van der Waals surface area contributed by atoms with Gasteiger partial charge in [0.2, 0.25) is 0 Å². The van der Waals surface area contributed by atoms with Gasteiger partial charge in [-0.25, -0.2) is 9.55 Å². The van der Waals surface area contributed by atoms with Crippen LogP contribution in [0.4, 0.5) is 0 Å². The maximum absolute atomic E-state index is 3.61. The molecule has 0 saturated heterocycles. The van der Waals surface area contributed by atoms with E-state index >= 15 is 0 Å². The molecule has 0 saturated carbocycles. The van der Waals surface area contributed by atoms with Gasteiger partial charge in [-0.05, 0) is 0 Å². The van der Waals surface area contributed by atoms with E-state index in [1.165, 1.54) is 0 Å². The van der Waals surface area contributed by atoms with Gasteiger partial charge in [-0.3, -0.25) is 0 Å². The molecule has 1 rings (SSSR count). The third-order valence-corrected chi connectivity index (χ3v) is 1.11. The highest BCUT2D eigenvalue weighted by Gasteiger charge is 1.95. The first-order valence-electron chi connectivity index (χ1n) is 2.52. The molecule has 0 unspecified atom stereocenters. The summed E-state index contributed by atoms with van der Waals surface area (Å²) in [6.45, 7) is 5.59. The van der Waals surface area contributed by atoms with Crippen LogP contribution in [0.1, 0.15) is 5.82 Å². The number of rotatable bonds is 1. The zero-order chi connectivity index (χ0) is 5.98. The molecule has 0 fully saturated rings. The van der Waals surface area contributed by atoms with Crippen LogP contribution in [0, 0.1) is 6.92 Å². The van der Waals surface area contributed by atoms with Crippen molar-refractivity contribution in [3.8, 4) is 0 Å². The number of hydrogen-bond acceptors (Lipinski definition) is 0. The van der Waals surface area contributed by atoms with Gasteiger partial charge in [0.05, 0.1) is 6.20 Å². The van der Waals surface area contributed by atoms with E-state index in [0.717, 1.165) is 5.82 Å². The zero-order valence-electron chi connectivity index (χ0n) is 4.89. The second-order valence-corrected chi connectivity index (χ2v) is 1.64. The molecule has 0 bridgehead atoms. The van der Waals surface area contributed by atoms with Gasteiger partial charge in [-0.1, -0.05) is 6.58 Å². The van der Waals surface area contributed by atoms with Gasteiger partial charge in [0, 0.05) is 6.92 Å². The molecular formula is C6H9N2+. The summed E-state index contributed by atoms with van der Waals surface area (Å²) in [5.41, 5.74) is 0. The lowest BCUT2D eigenvalue weighted by molar-refractivity contribution is -0.573. The van der Waals surface area contributed by atoms with Crippen molar-refractivity contribution in [1.82, 2.24) is 4.98 Å². The monoisotopic (exact) mass is 109 g/mol. The summed E-state index contributed by atoms with van der Waals surface area (Å²) >= 11 is 0. The normalized spacial score (nSPS) is 9.12. The van der Waals surface area contributed by atoms with Gasteiger partial charge in [-0.15, -0.1) is 0 Å². The molecular weight excluding hydrogens is 100 g/mol. The van der Waals surface area contributed by atoms with Crippen LogP contribution in [-0.2, 0) is 0 Å². The van der Waals surface area contributed by atoms with Crippen molar-refractivity contribution in [1.29, 1.82) is 0 Å². The van der Waals surface area contributed by atoms with Gasteiger partial charge in [-0.2, -0.15) is 0 Å². The Hall–Kier alpha value is -1.05. The molecule has 0 aliphatic heterocycles. The predicted molar refractivity (Wildman–Crippen MR) is 32.1 cm³/mol. The van der Waals surface area contributed by atoms with Crippen molar-refractivity contribution in [3.05, 3.63) is 24.8 Å². The highest BCUT2D eigenvalue weighted by atomic mass is 15.0. The van der Waals surface area contributed by atoms with E-state index in [2.05, 4.69) is 11.6 Å². The fraction of sp³-hybridized carbons (Fsp3) is 0.167. The van der Waals surface area contributed by atoms with Gasteiger partial charge in [0.15, 0.2) is 0 Å². The zero-order valence-corrected chi connectivity index (χ0v) is 4.89. The number of nitrogens with one attached hydrogen (secondary N) is 1. The molecule has 0 amide bonds. The van der Waals surface area contributed by atoms with Crippen LogP contribution in [0.3, 0.4) is 0 Å². The summed E-state index contributed by atoms with van der Waals surface area (Å²) in [6, 6.07) is 0. The minimum Gasteiger partial charge on any atom is -0.247 e. The van der Waals surface area contributed by atoms with Crippen LogP contribution in [0.15, 0.2) is 19.0 Å². The highest BCUT2D eigenvalue weighted by molar-refractivity contribution is 4.96. The lowest BCUT2D eigenvalue weighted by atomic mass is 10.7. The van der Waals surface area contributed by atoms with Crippen LogP contribution < -0.4 is 4.57 Å². The van der Waals surface area contributed by atoms with Crippen molar-refractivity contribution in [3.63, 3.8) is 0 Å². The predicted octanol–water partition coefficient (Wildman–Crippen LogP) is 0.711. The highest BCUT2D eigenvalue weighted by Crippen LogP contribution is 1.79. The molecule has 1 aromatic rings. The molecule has 1 aromatic heterocycles. The fourth-order valence-corrected chi connectivity index (χ4v) is 0.622. The molecule has 0 spiro atoms. The van der Waals surface area contributed by atoms with E-state index in [1.54, 1.807) is 6.20 Å². The lowest BCUT2D eigenvalue weighted by Crippen LogP contribution is -2.25. The Morgan fingerprint density at radius 3 is 2.88 bits per heavy atom. The summed E-state index contributed by atoms with van der Waals surface area (Å²) < 4.78 is 1.92. The Morgan fingerprint density at radius 2 is 2.62 bits per heavy atom. The quantitative estimate of drug-likeness (QED) is 0.512. The van der Waals surface area contributed by atoms with Crippen LogP contribution >= 0.6 is 0 Å². The first-order valence-corrected chi connectivity index (χ1v) is 2.52. The van der Waals surface area contributed by atoms with Crippen LogP contribution in [0.5, 0.6) is 0 Å². The van der Waals surface area contributed by atoms with Crippen molar-refractivity contribution >= 4 is 6.20 Å². The molecule has 2 heteroatoms. The molecule has 0 aromatic carbocycles. The topological polar surface area (TPSA) is 19.7 Å². The van der Waals surface area contributed by atoms with Crippen molar-refractivity contribution in [2.45, 2.75) is 6.92 Å². The minimum atomic E-state index is 1.10. The first-order chi connectivity index (χ1) is 3.84. The second kappa shape index (κ2) is 1.82. The van der Waals surface area contributed by atoms with Crippen LogP contribution in [0.2, 0.25) is 0 Å². The molecule has 2 nitrogen and oxygen atoms in total. The summed E-state index contributed by atoms with van der Waals surface area (Å²) in [5.74, 6) is 1.10. The van der Waals surface area contributed by atoms with Gasteiger partial charge in [0.25, 0.3) is 5.82 Å². The molecule has 42 valence electrons. The van der Waals surface area contributed by atoms with Crippen LogP contribution in [-0.4, -0.2) is 4.98 Å². The SMILES string of the molecule is C=C[n+]1cc[nH]c1C. The number of aryl methyl sites for hydroxylation is 1. The Labute approximate surface area is 48.5 Å². The maximum Gasteiger partial charge on any atom is 0.255 e. The standard InChI is InChI=1S/C6H8N2/c1-3-8-5-4-7-6(8)2/h3-5H,1H2,2H3/p+1. The first kappa shape index (κ1) is 5.09. The summed E-state index contributed by atoms with van der Waals surface area (Å²) in [5, 5.41) is 0. The smallest absolute Gasteiger partial charge is 0.247 e. The largest absolute Gasteiger partial charge is 0.255 e. The third kappa shape index (κ3) is 0.644. The summed E-state index contributed by atoms with van der Waals surface area (Å²) in [7, 11) is 0. The molecule has 0 radical (unpaired) electrons. The van der Waals surface area contributed by atoms with E-state index in [1.807, 2.05) is 23.9 Å². The third-order valence-electron chi connectivity index (χ3n) is 1.11. The number of aromatic nitrogens is 2. The Kier molecular flexibility index (Phi) is 1.16. The van der Waals surface area contributed by atoms with E-state index in [9.17, 15) is 0 Å². The van der Waals surface area contributed by atoms with Crippen LogP contribution in [0.25, 0.3) is 6.20 Å². The molecule has 0 aliphatic rings. The minimum absolute atomic E-state index is 1.10. The Balaban J connectivity index is 3.09. The number of H-pyrrole nitrogens is 1. The van der Waals surface area contributed by atoms with Gasteiger partial charge in [0.1, 0.15) is 12.4 Å². The summed E-state index contributed by atoms with van der Waals surface area (Å²) in [4.78, 5) is 3.01. The second-order valence-electron chi connectivity index (χ2n) is 1.64. The fourth-order valence-electron chi connectivity index (χ4n) is 0.622. The number of hydrogen-bond donors (Lipinski definition) is 1. The Morgan fingerprint density at radius 1 is 1.88 bits per heavy atom. The average molecular weight is 109 g/mol. The molecule has 1 N–H and O–H groups in total. The average Bonchev–Trinajstić information content (AvgIpc) is 2.14. The molecule has 1 heterocycles. The Bertz CT molecular complexity index is 188. The van der Waals surface area contributed by atoms with Crippen molar-refractivity contribution < 1.29 is 4.57 Å².